The van der Waals surface area contributed by atoms with Crippen molar-refractivity contribution in [3.8, 4) is 0 Å². The molecule has 1 aromatic rings. The van der Waals surface area contributed by atoms with Crippen LogP contribution in [0.3, 0.4) is 0 Å². The van der Waals surface area contributed by atoms with Crippen molar-refractivity contribution in [3.05, 3.63) is 41.6 Å². The molecule has 1 radical (unpaired) electrons. The zero-order valence-electron chi connectivity index (χ0n) is 13.4. The van der Waals surface area contributed by atoms with E-state index in [2.05, 4.69) is 11.8 Å². The molecule has 1 aliphatic rings. The number of nitrogens with zero attached hydrogens (tertiary/aromatic N) is 1. The van der Waals surface area contributed by atoms with Crippen molar-refractivity contribution in [1.29, 1.82) is 0 Å². The lowest BCUT2D eigenvalue weighted by Gasteiger charge is -2.39. The standard InChI is InChI=1S/C18H26FN2O/c1-2-5-16(18(20)22)17-6-3-4-12-21(17)13-11-14-7-9-15(19)10-8-14/h7-10,17H,2-6,11-13H2,1H3,(H2,20,22). The van der Waals surface area contributed by atoms with E-state index in [0.29, 0.717) is 0 Å². The van der Waals surface area contributed by atoms with Gasteiger partial charge in [-0.15, -0.1) is 0 Å². The number of benzene rings is 1. The summed E-state index contributed by atoms with van der Waals surface area (Å²) >= 11 is 0. The third-order valence-corrected chi connectivity index (χ3v) is 4.45. The summed E-state index contributed by atoms with van der Waals surface area (Å²) in [6.07, 6.45) is 5.93. The van der Waals surface area contributed by atoms with E-state index in [-0.39, 0.29) is 17.8 Å². The van der Waals surface area contributed by atoms with Gasteiger partial charge in [-0.25, -0.2) is 4.39 Å². The maximum Gasteiger partial charge on any atom is 0.226 e. The van der Waals surface area contributed by atoms with Crippen molar-refractivity contribution in [3.63, 3.8) is 0 Å². The van der Waals surface area contributed by atoms with E-state index >= 15 is 0 Å². The first-order valence-corrected chi connectivity index (χ1v) is 8.25. The molecular formula is C18H26FN2O. The van der Waals surface area contributed by atoms with Gasteiger partial charge < -0.3 is 5.73 Å². The zero-order valence-corrected chi connectivity index (χ0v) is 13.4. The van der Waals surface area contributed by atoms with Crippen LogP contribution in [-0.2, 0) is 11.2 Å². The smallest absolute Gasteiger partial charge is 0.226 e. The van der Waals surface area contributed by atoms with Gasteiger partial charge in [0.15, 0.2) is 0 Å². The van der Waals surface area contributed by atoms with Crippen LogP contribution in [0.4, 0.5) is 4.39 Å². The third kappa shape index (κ3) is 4.54. The molecule has 4 heteroatoms. The van der Waals surface area contributed by atoms with Gasteiger partial charge in [0, 0.05) is 12.6 Å². The Balaban J connectivity index is 1.99. The monoisotopic (exact) mass is 305 g/mol. The maximum atomic E-state index is 13.0. The highest BCUT2D eigenvalue weighted by Gasteiger charge is 2.33. The summed E-state index contributed by atoms with van der Waals surface area (Å²) in [4.78, 5) is 14.1. The molecule has 3 nitrogen and oxygen atoms in total. The number of nitrogens with two attached hydrogens (primary N) is 1. The van der Waals surface area contributed by atoms with Crippen LogP contribution in [-0.4, -0.2) is 29.9 Å². The minimum atomic E-state index is -0.250. The van der Waals surface area contributed by atoms with Gasteiger partial charge in [0.25, 0.3) is 0 Å². The number of primary amides is 1. The molecular weight excluding hydrogens is 279 g/mol. The molecule has 1 unspecified atom stereocenters. The summed E-state index contributed by atoms with van der Waals surface area (Å²) < 4.78 is 13.0. The van der Waals surface area contributed by atoms with E-state index in [9.17, 15) is 9.18 Å². The highest BCUT2D eigenvalue weighted by Crippen LogP contribution is 2.28. The molecule has 2 rings (SSSR count). The minimum Gasteiger partial charge on any atom is -0.369 e. The summed E-state index contributed by atoms with van der Waals surface area (Å²) in [6.45, 7) is 3.97. The topological polar surface area (TPSA) is 46.3 Å². The molecule has 1 aliphatic heterocycles. The first-order chi connectivity index (χ1) is 10.6. The van der Waals surface area contributed by atoms with Crippen molar-refractivity contribution >= 4 is 5.91 Å². The number of rotatable bonds is 7. The van der Waals surface area contributed by atoms with Gasteiger partial charge in [-0.1, -0.05) is 31.9 Å². The molecule has 0 saturated carbocycles. The molecule has 121 valence electrons. The molecule has 0 spiro atoms. The van der Waals surface area contributed by atoms with Crippen LogP contribution in [0.1, 0.15) is 44.6 Å². The number of halogens is 1. The molecule has 1 heterocycles. The van der Waals surface area contributed by atoms with Crippen LogP contribution in [0, 0.1) is 11.7 Å². The molecule has 0 aliphatic carbocycles. The SMILES string of the molecule is CCC[C](C(N)=O)C1CCCCN1CCc1ccc(F)cc1. The van der Waals surface area contributed by atoms with Gasteiger partial charge in [0.2, 0.25) is 5.91 Å². The van der Waals surface area contributed by atoms with Gasteiger partial charge in [-0.2, -0.15) is 0 Å². The molecule has 1 aromatic carbocycles. The van der Waals surface area contributed by atoms with Crippen LogP contribution in [0.5, 0.6) is 0 Å². The van der Waals surface area contributed by atoms with Crippen molar-refractivity contribution in [2.45, 2.75) is 51.5 Å². The fourth-order valence-corrected chi connectivity index (χ4v) is 3.30. The van der Waals surface area contributed by atoms with Crippen molar-refractivity contribution in [1.82, 2.24) is 4.90 Å². The molecule has 1 amide bonds. The number of likely N-dealkylation sites (tertiary alicyclic amines) is 1. The van der Waals surface area contributed by atoms with Crippen molar-refractivity contribution in [2.75, 3.05) is 13.1 Å². The Bertz CT molecular complexity index is 474. The van der Waals surface area contributed by atoms with Gasteiger partial charge in [0.05, 0.1) is 5.92 Å². The lowest BCUT2D eigenvalue weighted by atomic mass is 9.86. The van der Waals surface area contributed by atoms with Crippen LogP contribution in [0.2, 0.25) is 0 Å². The Kier molecular flexibility index (Phi) is 6.37. The van der Waals surface area contributed by atoms with E-state index in [1.807, 2.05) is 12.1 Å². The summed E-state index contributed by atoms with van der Waals surface area (Å²) in [7, 11) is 0. The first kappa shape index (κ1) is 16.9. The number of carbonyl (C=O) groups excluding carboxylic acids is 1. The highest BCUT2D eigenvalue weighted by atomic mass is 19.1. The lowest BCUT2D eigenvalue weighted by Crippen LogP contribution is -2.47. The fourth-order valence-electron chi connectivity index (χ4n) is 3.30. The molecule has 22 heavy (non-hydrogen) atoms. The zero-order chi connectivity index (χ0) is 15.9. The average Bonchev–Trinajstić information content (AvgIpc) is 2.52. The maximum absolute atomic E-state index is 13.0. The molecule has 1 fully saturated rings. The Hall–Kier alpha value is -1.42. The quantitative estimate of drug-likeness (QED) is 0.841. The van der Waals surface area contributed by atoms with E-state index in [4.69, 9.17) is 5.73 Å². The number of carbonyl (C=O) groups is 1. The average molecular weight is 305 g/mol. The van der Waals surface area contributed by atoms with Crippen LogP contribution in [0.25, 0.3) is 0 Å². The van der Waals surface area contributed by atoms with E-state index < -0.39 is 0 Å². The molecule has 1 atom stereocenters. The number of amides is 1. The lowest BCUT2D eigenvalue weighted by molar-refractivity contribution is -0.117. The second kappa shape index (κ2) is 8.28. The van der Waals surface area contributed by atoms with Crippen LogP contribution in [0.15, 0.2) is 24.3 Å². The van der Waals surface area contributed by atoms with Gasteiger partial charge >= 0.3 is 0 Å². The number of hydrogen-bond donors (Lipinski definition) is 1. The first-order valence-electron chi connectivity index (χ1n) is 8.25. The van der Waals surface area contributed by atoms with E-state index in [1.165, 1.54) is 12.1 Å². The normalized spacial score (nSPS) is 19.5. The third-order valence-electron chi connectivity index (χ3n) is 4.45. The second-order valence-electron chi connectivity index (χ2n) is 6.06. The van der Waals surface area contributed by atoms with Crippen molar-refractivity contribution < 1.29 is 9.18 Å². The summed E-state index contributed by atoms with van der Waals surface area (Å²) in [6, 6.07) is 6.85. The number of hydrogen-bond acceptors (Lipinski definition) is 2. The van der Waals surface area contributed by atoms with Gasteiger partial charge in [-0.05, 0) is 49.9 Å². The molecule has 1 saturated heterocycles. The van der Waals surface area contributed by atoms with E-state index in [1.54, 1.807) is 0 Å². The van der Waals surface area contributed by atoms with E-state index in [0.717, 1.165) is 63.1 Å². The second-order valence-corrected chi connectivity index (χ2v) is 6.06. The number of piperidine rings is 1. The highest BCUT2D eigenvalue weighted by molar-refractivity contribution is 5.89. The predicted molar refractivity (Wildman–Crippen MR) is 86.7 cm³/mol. The summed E-state index contributed by atoms with van der Waals surface area (Å²) in [5, 5.41) is 0. The fraction of sp³-hybridized carbons (Fsp3) is 0.556. The Labute approximate surface area is 132 Å². The summed E-state index contributed by atoms with van der Waals surface area (Å²) in [5.74, 6) is 0.425. The summed E-state index contributed by atoms with van der Waals surface area (Å²) in [5.41, 5.74) is 6.72. The Morgan fingerprint density at radius 3 is 2.68 bits per heavy atom. The predicted octanol–water partition coefficient (Wildman–Crippen LogP) is 3.08. The largest absolute Gasteiger partial charge is 0.369 e. The van der Waals surface area contributed by atoms with Gasteiger partial charge in [-0.3, -0.25) is 9.69 Å². The Morgan fingerprint density at radius 1 is 1.32 bits per heavy atom. The minimum absolute atomic E-state index is 0.187. The van der Waals surface area contributed by atoms with Crippen LogP contribution >= 0.6 is 0 Å². The Morgan fingerprint density at radius 2 is 2.05 bits per heavy atom. The van der Waals surface area contributed by atoms with Crippen LogP contribution < -0.4 is 5.73 Å². The molecule has 0 aromatic heterocycles. The van der Waals surface area contributed by atoms with Crippen molar-refractivity contribution in [2.24, 2.45) is 5.73 Å². The molecule has 0 bridgehead atoms. The molecule has 2 N–H and O–H groups in total. The van der Waals surface area contributed by atoms with Gasteiger partial charge in [0.1, 0.15) is 5.82 Å².